The summed E-state index contributed by atoms with van der Waals surface area (Å²) < 4.78 is 23.8. The molecule has 0 amide bonds. The largest absolute Gasteiger partial charge is 0.462 e. The second-order valence-corrected chi connectivity index (χ2v) is 10.7. The van der Waals surface area contributed by atoms with E-state index in [9.17, 15) is 20.2 Å². The number of hydrogen-bond donors (Lipinski definition) is 0. The zero-order valence-electron chi connectivity index (χ0n) is 23.0. The van der Waals surface area contributed by atoms with Crippen molar-refractivity contribution in [3.05, 3.63) is 73.3 Å². The monoisotopic (exact) mass is 554 g/mol. The van der Waals surface area contributed by atoms with Crippen LogP contribution in [-0.2, 0) is 26.2 Å². The highest BCUT2D eigenvalue weighted by molar-refractivity contribution is 5.75. The maximum Gasteiger partial charge on any atom is 0.270 e. The predicted octanol–water partition coefficient (Wildman–Crippen LogP) is 3.90. The number of nitrogens with zero attached hydrogens (tertiary/aromatic N) is 4. The molecule has 5 rings (SSSR count). The summed E-state index contributed by atoms with van der Waals surface area (Å²) in [6.07, 6.45) is 3.76. The van der Waals surface area contributed by atoms with Gasteiger partial charge in [-0.25, -0.2) is 0 Å². The van der Waals surface area contributed by atoms with Crippen LogP contribution in [0.4, 0.5) is 17.1 Å². The number of non-ortho nitro benzene ring substituents is 2. The Morgan fingerprint density at radius 1 is 0.875 bits per heavy atom. The van der Waals surface area contributed by atoms with Crippen LogP contribution in [0, 0.1) is 20.2 Å². The van der Waals surface area contributed by atoms with Crippen molar-refractivity contribution >= 4 is 23.1 Å². The topological polar surface area (TPSA) is 130 Å². The minimum Gasteiger partial charge on any atom is -0.462 e. The van der Waals surface area contributed by atoms with Gasteiger partial charge in [0.15, 0.2) is 0 Å². The van der Waals surface area contributed by atoms with Gasteiger partial charge < -0.3 is 23.8 Å². The summed E-state index contributed by atoms with van der Waals surface area (Å²) in [7, 11) is 1.90. The van der Waals surface area contributed by atoms with Crippen LogP contribution in [0.5, 0.6) is 5.75 Å². The number of anilines is 1. The van der Waals surface area contributed by atoms with E-state index >= 15 is 0 Å². The van der Waals surface area contributed by atoms with Gasteiger partial charge in [-0.05, 0) is 37.6 Å². The molecule has 12 nitrogen and oxygen atoms in total. The molecule has 214 valence electrons. The highest BCUT2D eigenvalue weighted by atomic mass is 16.6. The second kappa shape index (κ2) is 11.1. The molecule has 3 heterocycles. The summed E-state index contributed by atoms with van der Waals surface area (Å²) in [5.41, 5.74) is 1.21. The zero-order valence-corrected chi connectivity index (χ0v) is 23.0. The van der Waals surface area contributed by atoms with E-state index in [1.165, 1.54) is 12.1 Å². The fourth-order valence-corrected chi connectivity index (χ4v) is 5.74. The first-order chi connectivity index (χ1) is 19.1. The third-order valence-corrected chi connectivity index (χ3v) is 8.00. The third-order valence-electron chi connectivity index (χ3n) is 8.00. The second-order valence-electron chi connectivity index (χ2n) is 10.7. The molecule has 0 saturated carbocycles. The first kappa shape index (κ1) is 28.0. The molecule has 3 aliphatic heterocycles. The van der Waals surface area contributed by atoms with Gasteiger partial charge in [-0.2, -0.15) is 0 Å². The first-order valence-corrected chi connectivity index (χ1v) is 13.3. The Labute approximate surface area is 232 Å². The van der Waals surface area contributed by atoms with Crippen LogP contribution in [0.2, 0.25) is 0 Å². The van der Waals surface area contributed by atoms with Crippen LogP contribution >= 0.6 is 0 Å². The van der Waals surface area contributed by atoms with E-state index in [1.807, 2.05) is 37.9 Å². The van der Waals surface area contributed by atoms with E-state index < -0.39 is 21.0 Å². The predicted molar refractivity (Wildman–Crippen MR) is 148 cm³/mol. The van der Waals surface area contributed by atoms with Crippen LogP contribution in [-0.4, -0.2) is 80.2 Å². The van der Waals surface area contributed by atoms with E-state index in [1.54, 1.807) is 18.2 Å². The molecule has 2 aromatic rings. The Hall–Kier alpha value is -3.58. The first-order valence-electron chi connectivity index (χ1n) is 13.3. The molecule has 0 aliphatic carbocycles. The van der Waals surface area contributed by atoms with Crippen molar-refractivity contribution in [1.29, 1.82) is 0 Å². The molecule has 0 N–H and O–H groups in total. The normalized spacial score (nSPS) is 23.0. The summed E-state index contributed by atoms with van der Waals surface area (Å²) >= 11 is 0. The van der Waals surface area contributed by atoms with Crippen molar-refractivity contribution in [2.75, 3.05) is 64.7 Å². The number of nitro groups is 2. The molecule has 1 saturated heterocycles. The third kappa shape index (κ3) is 5.03. The summed E-state index contributed by atoms with van der Waals surface area (Å²) in [6.45, 7) is 8.50. The van der Waals surface area contributed by atoms with E-state index in [2.05, 4.69) is 4.90 Å². The van der Waals surface area contributed by atoms with Crippen molar-refractivity contribution in [2.24, 2.45) is 0 Å². The molecule has 1 unspecified atom stereocenters. The minimum atomic E-state index is -1.00. The van der Waals surface area contributed by atoms with Crippen LogP contribution in [0.25, 0.3) is 6.08 Å². The molecule has 1 atom stereocenters. The lowest BCUT2D eigenvalue weighted by Crippen LogP contribution is -2.58. The van der Waals surface area contributed by atoms with Gasteiger partial charge in [0.1, 0.15) is 5.75 Å². The molecule has 1 spiro atoms. The molecule has 1 fully saturated rings. The van der Waals surface area contributed by atoms with Gasteiger partial charge in [-0.3, -0.25) is 25.1 Å². The number of rotatable bonds is 4. The number of likely N-dealkylation sites (N-methyl/N-ethyl adjacent to an activating group) is 1. The Kier molecular flexibility index (Phi) is 7.78. The van der Waals surface area contributed by atoms with Crippen molar-refractivity contribution in [3.63, 3.8) is 0 Å². The Morgan fingerprint density at radius 2 is 1.50 bits per heavy atom. The van der Waals surface area contributed by atoms with Gasteiger partial charge in [0.25, 0.3) is 11.4 Å². The number of nitro benzene ring substituents is 2. The lowest BCUT2D eigenvalue weighted by Gasteiger charge is -2.46. The van der Waals surface area contributed by atoms with Gasteiger partial charge in [-0.15, -0.1) is 0 Å². The van der Waals surface area contributed by atoms with Crippen molar-refractivity contribution in [3.8, 4) is 5.75 Å². The van der Waals surface area contributed by atoms with Gasteiger partial charge in [0.2, 0.25) is 5.72 Å². The molecule has 12 heteroatoms. The molecular weight excluding hydrogens is 520 g/mol. The average Bonchev–Trinajstić information content (AvgIpc) is 3.07. The summed E-state index contributed by atoms with van der Waals surface area (Å²) in [5.74, 6) is 0.552. The van der Waals surface area contributed by atoms with Crippen molar-refractivity contribution in [2.45, 2.75) is 31.5 Å². The molecule has 3 aliphatic rings. The van der Waals surface area contributed by atoms with E-state index in [0.29, 0.717) is 76.2 Å². The van der Waals surface area contributed by atoms with Crippen LogP contribution in [0.1, 0.15) is 30.5 Å². The highest BCUT2D eigenvalue weighted by Crippen LogP contribution is 2.55. The lowest BCUT2D eigenvalue weighted by molar-refractivity contribution is -0.385. The van der Waals surface area contributed by atoms with Gasteiger partial charge in [-0.1, -0.05) is 0 Å². The van der Waals surface area contributed by atoms with Gasteiger partial charge in [0.05, 0.1) is 54.9 Å². The van der Waals surface area contributed by atoms with Crippen LogP contribution in [0.3, 0.4) is 0 Å². The van der Waals surface area contributed by atoms with Gasteiger partial charge in [0, 0.05) is 67.8 Å². The molecule has 2 aromatic carbocycles. The molecule has 0 aromatic heterocycles. The highest BCUT2D eigenvalue weighted by Gasteiger charge is 2.58. The smallest absolute Gasteiger partial charge is 0.270 e. The minimum absolute atomic E-state index is 0.0140. The fraction of sp³-hybridized carbons (Fsp3) is 0.500. The number of ether oxygens (including phenoxy) is 4. The van der Waals surface area contributed by atoms with E-state index in [4.69, 9.17) is 18.9 Å². The van der Waals surface area contributed by atoms with Crippen molar-refractivity contribution < 1.29 is 28.8 Å². The number of hydrogen-bond acceptors (Lipinski definition) is 10. The molecular formula is C28H34N4O8. The Balaban J connectivity index is 1.51. The fourth-order valence-electron chi connectivity index (χ4n) is 5.74. The number of fused-ring (bicyclic) bond motifs is 2. The Bertz CT molecular complexity index is 1320. The zero-order chi connectivity index (χ0) is 28.5. The SMILES string of the molecule is CN1c2ccc([N+](=O)[O-])cc2C(C)(C)C12C=Cc1cc([N+](=O)[O-])cc(CN3CCOCCOCCOCC3)c1O2. The van der Waals surface area contributed by atoms with Gasteiger partial charge >= 0.3 is 0 Å². The lowest BCUT2D eigenvalue weighted by atomic mass is 9.76. The molecule has 40 heavy (non-hydrogen) atoms. The average molecular weight is 555 g/mol. The maximum atomic E-state index is 11.8. The molecule has 0 radical (unpaired) electrons. The van der Waals surface area contributed by atoms with E-state index in [0.717, 1.165) is 11.3 Å². The maximum absolute atomic E-state index is 11.8. The quantitative estimate of drug-likeness (QED) is 0.405. The summed E-state index contributed by atoms with van der Waals surface area (Å²) in [6, 6.07) is 7.93. The van der Waals surface area contributed by atoms with Crippen LogP contribution < -0.4 is 9.64 Å². The van der Waals surface area contributed by atoms with Crippen LogP contribution in [0.15, 0.2) is 36.4 Å². The standard InChI is InChI=1S/C28H34N4O8/c1-27(2)24-18-22(31(33)34)4-5-25(24)29(3)28(27)7-6-20-16-23(32(35)36)17-21(26(20)40-28)19-30-8-10-37-12-14-39-15-13-38-11-9-30/h4-7,16-18H,8-15,19H2,1-3H3. The summed E-state index contributed by atoms with van der Waals surface area (Å²) in [5, 5.41) is 23.4. The Morgan fingerprint density at radius 3 is 2.12 bits per heavy atom. The van der Waals surface area contributed by atoms with Crippen molar-refractivity contribution in [1.82, 2.24) is 4.90 Å². The summed E-state index contributed by atoms with van der Waals surface area (Å²) in [4.78, 5) is 26.7. The van der Waals surface area contributed by atoms with E-state index in [-0.39, 0.29) is 11.4 Å². The number of benzene rings is 2. The molecule has 0 bridgehead atoms.